The fourth-order valence-corrected chi connectivity index (χ4v) is 13.5. The molecule has 1 aromatic heterocycles. The number of rotatable bonds is 6. The molecule has 275 valence electrons. The van der Waals surface area contributed by atoms with Crippen molar-refractivity contribution in [2.45, 2.75) is 0 Å². The van der Waals surface area contributed by atoms with E-state index in [1.807, 2.05) is 11.3 Å². The maximum absolute atomic E-state index is 2.51. The highest BCUT2D eigenvalue weighted by molar-refractivity contribution is 7.26. The van der Waals surface area contributed by atoms with Gasteiger partial charge in [0.15, 0.2) is 8.80 Å². The largest absolute Gasteiger partial charge is 0.310 e. The third-order valence-electron chi connectivity index (χ3n) is 12.1. The number of fused-ring (bicyclic) bond motifs is 10. The molecule has 2 heterocycles. The number of anilines is 3. The van der Waals surface area contributed by atoms with Crippen molar-refractivity contribution in [1.82, 2.24) is 0 Å². The Kier molecular flexibility index (Phi) is 7.97. The Bertz CT molecular complexity index is 3370. The molecule has 59 heavy (non-hydrogen) atoms. The van der Waals surface area contributed by atoms with Crippen molar-refractivity contribution in [2.24, 2.45) is 0 Å². The quantitative estimate of drug-likeness (QED) is 0.152. The molecule has 0 spiro atoms. The number of hydrogen-bond donors (Lipinski definition) is 0. The van der Waals surface area contributed by atoms with Crippen LogP contribution in [0.5, 0.6) is 0 Å². The Morgan fingerprint density at radius 3 is 1.76 bits per heavy atom. The minimum absolute atomic E-state index is 1.12. The first-order valence-corrected chi connectivity index (χ1v) is 22.6. The Balaban J connectivity index is 0.992. The van der Waals surface area contributed by atoms with Crippen molar-refractivity contribution in [1.29, 1.82) is 0 Å². The molecule has 1 radical (unpaired) electrons. The molecule has 0 unspecified atom stereocenters. The van der Waals surface area contributed by atoms with Crippen LogP contribution in [0.1, 0.15) is 0 Å². The summed E-state index contributed by atoms with van der Waals surface area (Å²) in [6.07, 6.45) is 0. The summed E-state index contributed by atoms with van der Waals surface area (Å²) in [4.78, 5) is 2.40. The maximum Gasteiger partial charge on any atom is 0.156 e. The molecule has 0 atom stereocenters. The SMILES string of the molecule is c1ccc(-c2ccc(N(c3ccc(-c4ccc5c(c4)[Si](c4ccccc4)c4ccc6ccc7sc8ccccc8c7c6c4-5)cc3)c3cccc4ccccc34)cc2)cc1. The molecule has 0 aliphatic carbocycles. The normalized spacial score (nSPS) is 12.3. The molecule has 0 N–H and O–H groups in total. The van der Waals surface area contributed by atoms with Crippen LogP contribution in [-0.4, -0.2) is 8.80 Å². The zero-order chi connectivity index (χ0) is 38.9. The summed E-state index contributed by atoms with van der Waals surface area (Å²) in [5.74, 6) is 0. The molecular weight excluding hydrogens is 747 g/mol. The third-order valence-corrected chi connectivity index (χ3v) is 16.1. The minimum atomic E-state index is -1.27. The van der Waals surface area contributed by atoms with E-state index in [4.69, 9.17) is 0 Å². The lowest BCUT2D eigenvalue weighted by Gasteiger charge is -2.27. The number of hydrogen-bond acceptors (Lipinski definition) is 2. The summed E-state index contributed by atoms with van der Waals surface area (Å²) in [6.45, 7) is 0. The van der Waals surface area contributed by atoms with Gasteiger partial charge in [0.1, 0.15) is 0 Å². The summed E-state index contributed by atoms with van der Waals surface area (Å²) in [6, 6.07) is 80.9. The lowest BCUT2D eigenvalue weighted by atomic mass is 9.93. The molecule has 0 saturated heterocycles. The third kappa shape index (κ3) is 5.58. The van der Waals surface area contributed by atoms with Crippen molar-refractivity contribution >= 4 is 94.5 Å². The molecule has 1 nitrogen and oxygen atoms in total. The van der Waals surface area contributed by atoms with Gasteiger partial charge in [0.25, 0.3) is 0 Å². The van der Waals surface area contributed by atoms with E-state index in [0.29, 0.717) is 0 Å². The van der Waals surface area contributed by atoms with Gasteiger partial charge in [0.2, 0.25) is 0 Å². The van der Waals surface area contributed by atoms with Crippen molar-refractivity contribution in [3.63, 3.8) is 0 Å². The van der Waals surface area contributed by atoms with Gasteiger partial charge in [-0.05, 0) is 102 Å². The molecule has 1 aliphatic rings. The lowest BCUT2D eigenvalue weighted by Crippen LogP contribution is -2.48. The van der Waals surface area contributed by atoms with Crippen LogP contribution in [0.4, 0.5) is 17.1 Å². The molecule has 12 rings (SSSR count). The van der Waals surface area contributed by atoms with Crippen molar-refractivity contribution in [3.8, 4) is 33.4 Å². The van der Waals surface area contributed by atoms with Gasteiger partial charge in [-0.25, -0.2) is 0 Å². The number of benzene rings is 10. The van der Waals surface area contributed by atoms with Crippen molar-refractivity contribution in [2.75, 3.05) is 4.90 Å². The highest BCUT2D eigenvalue weighted by atomic mass is 32.1. The highest BCUT2D eigenvalue weighted by Crippen LogP contribution is 2.44. The van der Waals surface area contributed by atoms with E-state index in [2.05, 4.69) is 223 Å². The van der Waals surface area contributed by atoms with Crippen molar-refractivity contribution < 1.29 is 0 Å². The Hall–Kier alpha value is -7.04. The summed E-state index contributed by atoms with van der Waals surface area (Å²) in [5, 5.41) is 12.3. The van der Waals surface area contributed by atoms with Gasteiger partial charge in [0, 0.05) is 36.9 Å². The van der Waals surface area contributed by atoms with Crippen molar-refractivity contribution in [3.05, 3.63) is 218 Å². The monoisotopic (exact) mass is 782 g/mol. The minimum Gasteiger partial charge on any atom is -0.310 e. The molecule has 1 aliphatic heterocycles. The van der Waals surface area contributed by atoms with Crippen LogP contribution < -0.4 is 20.5 Å². The van der Waals surface area contributed by atoms with Crippen LogP contribution in [0.15, 0.2) is 218 Å². The van der Waals surface area contributed by atoms with Crippen LogP contribution in [-0.2, 0) is 0 Å². The molecule has 3 heteroatoms. The maximum atomic E-state index is 2.51. The lowest BCUT2D eigenvalue weighted by molar-refractivity contribution is 1.30. The first-order valence-electron chi connectivity index (χ1n) is 20.3. The summed E-state index contributed by atoms with van der Waals surface area (Å²) in [5.41, 5.74) is 11.1. The summed E-state index contributed by atoms with van der Waals surface area (Å²) >= 11 is 1.91. The van der Waals surface area contributed by atoms with E-state index in [0.717, 1.165) is 17.1 Å². The number of thiophene rings is 1. The smallest absolute Gasteiger partial charge is 0.156 e. The van der Waals surface area contributed by atoms with E-state index in [-0.39, 0.29) is 0 Å². The molecular formula is C56H36NSSi. The average molecular weight is 783 g/mol. The van der Waals surface area contributed by atoms with Crippen LogP contribution in [0.3, 0.4) is 0 Å². The standard InChI is InChI=1S/C56H36NSSi/c1-3-12-37(13-4-1)38-22-29-43(30-23-38)57(49-20-11-15-40-14-7-8-18-46(40)49)44-31-24-39(25-32-44)42-26-33-48-53(36-42)59(45-16-5-2-6-17-45)52-35-28-41-27-34-51-55(54(41)56(48)52)47-19-9-10-21-50(47)58-51/h1-36H. The second-order valence-electron chi connectivity index (χ2n) is 15.4. The van der Waals surface area contributed by atoms with E-state index in [1.54, 1.807) is 0 Å². The fourth-order valence-electron chi connectivity index (χ4n) is 9.40. The van der Waals surface area contributed by atoms with Crippen LogP contribution in [0.2, 0.25) is 0 Å². The van der Waals surface area contributed by atoms with Crippen LogP contribution in [0.25, 0.3) is 75.1 Å². The topological polar surface area (TPSA) is 3.24 Å². The molecule has 10 aromatic carbocycles. The average Bonchev–Trinajstić information content (AvgIpc) is 3.86. The van der Waals surface area contributed by atoms with E-state index in [1.165, 1.54) is 90.7 Å². The Morgan fingerprint density at radius 2 is 0.983 bits per heavy atom. The predicted octanol–water partition coefficient (Wildman–Crippen LogP) is 13.7. The van der Waals surface area contributed by atoms with Crippen LogP contribution in [0, 0.1) is 0 Å². The molecule has 0 bridgehead atoms. The predicted molar refractivity (Wildman–Crippen MR) is 256 cm³/mol. The van der Waals surface area contributed by atoms with E-state index >= 15 is 0 Å². The second-order valence-corrected chi connectivity index (χ2v) is 18.9. The second kappa shape index (κ2) is 13.8. The molecule has 0 fully saturated rings. The molecule has 0 saturated carbocycles. The van der Waals surface area contributed by atoms with Gasteiger partial charge in [0.05, 0.1) is 5.69 Å². The first-order chi connectivity index (χ1) is 29.3. The number of nitrogens with zero attached hydrogens (tertiary/aromatic N) is 1. The zero-order valence-corrected chi connectivity index (χ0v) is 34.0. The van der Waals surface area contributed by atoms with Gasteiger partial charge >= 0.3 is 0 Å². The van der Waals surface area contributed by atoms with Gasteiger partial charge in [-0.2, -0.15) is 0 Å². The van der Waals surface area contributed by atoms with Gasteiger partial charge in [-0.15, -0.1) is 11.3 Å². The van der Waals surface area contributed by atoms with Gasteiger partial charge in [-0.3, -0.25) is 0 Å². The summed E-state index contributed by atoms with van der Waals surface area (Å²) in [7, 11) is -1.27. The van der Waals surface area contributed by atoms with Crippen LogP contribution >= 0.6 is 11.3 Å². The molecule has 0 amide bonds. The van der Waals surface area contributed by atoms with E-state index in [9.17, 15) is 0 Å². The highest BCUT2D eigenvalue weighted by Gasteiger charge is 2.34. The fraction of sp³-hybridized carbons (Fsp3) is 0. The zero-order valence-electron chi connectivity index (χ0n) is 32.1. The summed E-state index contributed by atoms with van der Waals surface area (Å²) < 4.78 is 2.71. The Labute approximate surface area is 349 Å². The van der Waals surface area contributed by atoms with Gasteiger partial charge < -0.3 is 4.90 Å². The first kappa shape index (κ1) is 34.0. The van der Waals surface area contributed by atoms with E-state index < -0.39 is 8.80 Å². The van der Waals surface area contributed by atoms with Gasteiger partial charge in [-0.1, -0.05) is 181 Å². The molecule has 11 aromatic rings. The Morgan fingerprint density at radius 1 is 0.373 bits per heavy atom.